The Morgan fingerprint density at radius 1 is 1.24 bits per heavy atom. The molecule has 1 aliphatic rings. The molecule has 0 amide bonds. The number of carbonyl (C=O) groups is 1. The Balaban J connectivity index is 2.09. The molecule has 5 N–H and O–H groups in total. The fraction of sp³-hybridized carbons (Fsp3) is 0.263. The summed E-state index contributed by atoms with van der Waals surface area (Å²) in [4.78, 5) is 13.4. The normalized spacial score (nSPS) is 16.3. The lowest BCUT2D eigenvalue weighted by Gasteiger charge is -2.28. The Bertz CT molecular complexity index is 984. The molecule has 2 aromatic rings. The maximum Gasteiger partial charge on any atom is 0.338 e. The number of anilines is 1. The minimum atomic E-state index is -1.54. The third-order valence-corrected chi connectivity index (χ3v) is 5.69. The number of hydrogen-bond acceptors (Lipinski definition) is 8. The van der Waals surface area contributed by atoms with Crippen LogP contribution in [-0.2, 0) is 4.74 Å². The summed E-state index contributed by atoms with van der Waals surface area (Å²) >= 11 is 1.13. The molecule has 0 saturated carbocycles. The van der Waals surface area contributed by atoms with Crippen LogP contribution in [0.4, 0.5) is 10.1 Å². The molecule has 1 unspecified atom stereocenters. The van der Waals surface area contributed by atoms with Gasteiger partial charge in [0.2, 0.25) is 5.82 Å². The van der Waals surface area contributed by atoms with Crippen LogP contribution in [-0.4, -0.2) is 44.6 Å². The van der Waals surface area contributed by atoms with E-state index in [2.05, 4.69) is 0 Å². The van der Waals surface area contributed by atoms with Crippen LogP contribution < -0.4 is 4.90 Å². The van der Waals surface area contributed by atoms with Gasteiger partial charge in [-0.3, -0.25) is 5.41 Å². The maximum atomic E-state index is 13.7. The number of nitrogens with one attached hydrogen (secondary N) is 1. The lowest BCUT2D eigenvalue weighted by atomic mass is 10.1. The number of halogens is 1. The van der Waals surface area contributed by atoms with Gasteiger partial charge in [-0.1, -0.05) is 0 Å². The summed E-state index contributed by atoms with van der Waals surface area (Å²) < 4.78 is 18.7. The molecular weight excluding hydrogens is 403 g/mol. The van der Waals surface area contributed by atoms with Crippen LogP contribution >= 0.6 is 11.8 Å². The van der Waals surface area contributed by atoms with Gasteiger partial charge >= 0.3 is 5.97 Å². The van der Waals surface area contributed by atoms with E-state index in [-0.39, 0.29) is 23.8 Å². The summed E-state index contributed by atoms with van der Waals surface area (Å²) in [6.45, 7) is 3.63. The molecule has 0 aliphatic carbocycles. The van der Waals surface area contributed by atoms with Crippen molar-refractivity contribution in [1.82, 2.24) is 0 Å². The van der Waals surface area contributed by atoms with Crippen molar-refractivity contribution in [2.75, 3.05) is 17.3 Å². The number of hydrogen-bond donors (Lipinski definition) is 5. The number of aryl methyl sites for hydroxylation is 1. The van der Waals surface area contributed by atoms with Crippen LogP contribution in [0, 0.1) is 18.2 Å². The highest BCUT2D eigenvalue weighted by molar-refractivity contribution is 8.00. The third kappa shape index (κ3) is 3.39. The second-order valence-electron chi connectivity index (χ2n) is 6.32. The number of aromatic hydroxyl groups is 4. The number of phenols is 4. The van der Waals surface area contributed by atoms with Gasteiger partial charge in [0.25, 0.3) is 0 Å². The number of benzene rings is 2. The van der Waals surface area contributed by atoms with Crippen molar-refractivity contribution in [3.05, 3.63) is 40.7 Å². The summed E-state index contributed by atoms with van der Waals surface area (Å²) in [5, 5.41) is 47.3. The molecule has 0 aromatic heterocycles. The number of phenolic OH excluding ortho intramolecular Hbond substituents is 4. The summed E-state index contributed by atoms with van der Waals surface area (Å²) in [7, 11) is 0. The summed E-state index contributed by atoms with van der Waals surface area (Å²) in [5.41, 5.74) is 1.12. The van der Waals surface area contributed by atoms with E-state index in [1.807, 2.05) is 0 Å². The van der Waals surface area contributed by atoms with Gasteiger partial charge in [-0.15, -0.1) is 11.8 Å². The first-order valence-corrected chi connectivity index (χ1v) is 9.65. The number of amidine groups is 1. The molecule has 1 atom stereocenters. The molecule has 1 heterocycles. The number of nitrogens with zero attached hydrogens (tertiary/aromatic N) is 1. The average molecular weight is 422 g/mol. The number of carbonyl (C=O) groups excluding carboxylic acids is 1. The van der Waals surface area contributed by atoms with E-state index in [4.69, 9.17) is 10.1 Å². The molecule has 154 valence electrons. The highest BCUT2D eigenvalue weighted by Gasteiger charge is 2.39. The van der Waals surface area contributed by atoms with Gasteiger partial charge in [0.05, 0.1) is 23.5 Å². The maximum absolute atomic E-state index is 13.7. The van der Waals surface area contributed by atoms with Crippen molar-refractivity contribution < 1.29 is 34.3 Å². The fourth-order valence-electron chi connectivity index (χ4n) is 3.12. The minimum absolute atomic E-state index is 0.120. The van der Waals surface area contributed by atoms with Gasteiger partial charge in [-0.05, 0) is 37.6 Å². The fourth-order valence-corrected chi connectivity index (χ4v) is 4.35. The standard InChI is InChI=1S/C19H19FN2O6S/c1-3-28-19(27)9-4-5-10(8(2)6-9)22-11(21)7-29-18(22)12-14(23)16(25)13(20)17(26)15(12)24/h4-6,18,21,23-26H,3,7H2,1-2H3. The van der Waals surface area contributed by atoms with Crippen molar-refractivity contribution >= 4 is 29.3 Å². The van der Waals surface area contributed by atoms with E-state index in [9.17, 15) is 29.6 Å². The van der Waals surface area contributed by atoms with Crippen LogP contribution in [0.1, 0.15) is 33.8 Å². The highest BCUT2D eigenvalue weighted by atomic mass is 32.2. The summed E-state index contributed by atoms with van der Waals surface area (Å²) in [6, 6.07) is 4.69. The molecule has 3 rings (SSSR count). The molecule has 2 aromatic carbocycles. The zero-order valence-corrected chi connectivity index (χ0v) is 16.4. The molecule has 0 bridgehead atoms. The quantitative estimate of drug-likeness (QED) is 0.288. The van der Waals surface area contributed by atoms with E-state index < -0.39 is 40.2 Å². The highest BCUT2D eigenvalue weighted by Crippen LogP contribution is 2.54. The Labute approximate surface area is 169 Å². The van der Waals surface area contributed by atoms with Gasteiger partial charge in [-0.2, -0.15) is 4.39 Å². The van der Waals surface area contributed by atoms with Gasteiger partial charge in [-0.25, -0.2) is 4.79 Å². The largest absolute Gasteiger partial charge is 0.504 e. The topological polar surface area (TPSA) is 134 Å². The van der Waals surface area contributed by atoms with Crippen molar-refractivity contribution in [2.45, 2.75) is 19.2 Å². The second-order valence-corrected chi connectivity index (χ2v) is 7.39. The van der Waals surface area contributed by atoms with E-state index in [1.54, 1.807) is 26.0 Å². The van der Waals surface area contributed by atoms with Crippen LogP contribution in [0.2, 0.25) is 0 Å². The SMILES string of the molecule is CCOC(=O)c1ccc(N2C(=N)CSC2c2c(O)c(O)c(F)c(O)c2O)c(C)c1. The monoisotopic (exact) mass is 422 g/mol. The molecule has 29 heavy (non-hydrogen) atoms. The zero-order chi connectivity index (χ0) is 21.5. The smallest absolute Gasteiger partial charge is 0.338 e. The van der Waals surface area contributed by atoms with Gasteiger partial charge < -0.3 is 30.1 Å². The molecule has 1 aliphatic heterocycles. The lowest BCUT2D eigenvalue weighted by Crippen LogP contribution is -2.28. The van der Waals surface area contributed by atoms with E-state index in [0.717, 1.165) is 11.8 Å². The van der Waals surface area contributed by atoms with Crippen LogP contribution in [0.3, 0.4) is 0 Å². The van der Waals surface area contributed by atoms with E-state index in [1.165, 1.54) is 11.0 Å². The Hall–Kier alpha value is -3.14. The Kier molecular flexibility index (Phi) is 5.47. The molecule has 10 heteroatoms. The second kappa shape index (κ2) is 7.70. The lowest BCUT2D eigenvalue weighted by molar-refractivity contribution is 0.0526. The van der Waals surface area contributed by atoms with E-state index in [0.29, 0.717) is 16.8 Å². The predicted molar refractivity (Wildman–Crippen MR) is 106 cm³/mol. The summed E-state index contributed by atoms with van der Waals surface area (Å²) in [5.74, 6) is -5.94. The minimum Gasteiger partial charge on any atom is -0.504 e. The average Bonchev–Trinajstić information content (AvgIpc) is 3.06. The van der Waals surface area contributed by atoms with Gasteiger partial charge in [0, 0.05) is 5.69 Å². The third-order valence-electron chi connectivity index (χ3n) is 4.49. The van der Waals surface area contributed by atoms with Crippen molar-refractivity contribution in [3.8, 4) is 23.0 Å². The van der Waals surface area contributed by atoms with Crippen molar-refractivity contribution in [2.24, 2.45) is 0 Å². The molecule has 0 radical (unpaired) electrons. The predicted octanol–water partition coefficient (Wildman–Crippen LogP) is 3.36. The number of rotatable bonds is 4. The molecular formula is C19H19FN2O6S. The van der Waals surface area contributed by atoms with Gasteiger partial charge in [0.1, 0.15) is 11.2 Å². The van der Waals surface area contributed by atoms with Crippen molar-refractivity contribution in [3.63, 3.8) is 0 Å². The Morgan fingerprint density at radius 2 is 1.86 bits per heavy atom. The van der Waals surface area contributed by atoms with Crippen LogP contribution in [0.15, 0.2) is 18.2 Å². The summed E-state index contributed by atoms with van der Waals surface area (Å²) in [6.07, 6.45) is 0. The molecule has 1 saturated heterocycles. The first kappa shape index (κ1) is 20.6. The van der Waals surface area contributed by atoms with Crippen LogP contribution in [0.25, 0.3) is 0 Å². The van der Waals surface area contributed by atoms with Crippen molar-refractivity contribution in [1.29, 1.82) is 5.41 Å². The molecule has 8 nitrogen and oxygen atoms in total. The Morgan fingerprint density at radius 3 is 2.41 bits per heavy atom. The number of ether oxygens (including phenoxy) is 1. The molecule has 1 fully saturated rings. The molecule has 0 spiro atoms. The first-order chi connectivity index (χ1) is 13.7. The first-order valence-electron chi connectivity index (χ1n) is 8.60. The van der Waals surface area contributed by atoms with E-state index >= 15 is 0 Å². The number of esters is 1. The van der Waals surface area contributed by atoms with Gasteiger partial charge in [0.15, 0.2) is 23.0 Å². The van der Waals surface area contributed by atoms with Crippen LogP contribution in [0.5, 0.6) is 23.0 Å². The zero-order valence-electron chi connectivity index (χ0n) is 15.6. The number of thioether (sulfide) groups is 1.